The van der Waals surface area contributed by atoms with Gasteiger partial charge in [-0.1, -0.05) is 37.3 Å². The maximum Gasteiger partial charge on any atom is 0.243 e. The number of ether oxygens (including phenoxy) is 2. The monoisotopic (exact) mass is 345 g/mol. The summed E-state index contributed by atoms with van der Waals surface area (Å²) in [6.07, 6.45) is 0. The first kappa shape index (κ1) is 15.5. The number of rotatable bonds is 3. The van der Waals surface area contributed by atoms with E-state index in [2.05, 4.69) is 19.1 Å². The second-order valence-electron chi connectivity index (χ2n) is 6.33. The van der Waals surface area contributed by atoms with Crippen molar-refractivity contribution < 1.29 is 17.9 Å². The van der Waals surface area contributed by atoms with Crippen LogP contribution in [0.2, 0.25) is 0 Å². The Hall–Kier alpha value is -2.05. The molecule has 0 N–H and O–H groups in total. The van der Waals surface area contributed by atoms with Crippen molar-refractivity contribution in [1.29, 1.82) is 0 Å². The Morgan fingerprint density at radius 3 is 2.54 bits per heavy atom. The highest BCUT2D eigenvalue weighted by Gasteiger charge is 2.38. The molecule has 0 spiro atoms. The van der Waals surface area contributed by atoms with Crippen molar-refractivity contribution in [2.24, 2.45) is 5.92 Å². The molecule has 2 unspecified atom stereocenters. The highest BCUT2D eigenvalue weighted by molar-refractivity contribution is 7.89. The van der Waals surface area contributed by atoms with Crippen LogP contribution in [0.15, 0.2) is 53.4 Å². The first-order valence-electron chi connectivity index (χ1n) is 8.00. The zero-order chi connectivity index (χ0) is 16.7. The second-order valence-corrected chi connectivity index (χ2v) is 8.27. The van der Waals surface area contributed by atoms with E-state index in [0.29, 0.717) is 24.6 Å². The topological polar surface area (TPSA) is 55.8 Å². The van der Waals surface area contributed by atoms with E-state index in [1.54, 1.807) is 22.5 Å². The minimum absolute atomic E-state index is 0.135. The largest absolute Gasteiger partial charge is 0.454 e. The summed E-state index contributed by atoms with van der Waals surface area (Å²) in [5.41, 5.74) is 1.19. The Bertz CT molecular complexity index is 851. The predicted octanol–water partition coefficient (Wildman–Crippen LogP) is 2.84. The number of fused-ring (bicyclic) bond motifs is 1. The van der Waals surface area contributed by atoms with Crippen molar-refractivity contribution in [3.8, 4) is 11.5 Å². The Morgan fingerprint density at radius 2 is 1.75 bits per heavy atom. The summed E-state index contributed by atoms with van der Waals surface area (Å²) in [4.78, 5) is 0.257. The zero-order valence-electron chi connectivity index (χ0n) is 13.4. The number of benzene rings is 2. The first-order valence-corrected chi connectivity index (χ1v) is 9.44. The van der Waals surface area contributed by atoms with Crippen molar-refractivity contribution in [2.45, 2.75) is 17.7 Å². The Balaban J connectivity index is 1.61. The summed E-state index contributed by atoms with van der Waals surface area (Å²) < 4.78 is 38.1. The van der Waals surface area contributed by atoms with Crippen LogP contribution in [0.4, 0.5) is 0 Å². The van der Waals surface area contributed by atoms with Gasteiger partial charge in [0.25, 0.3) is 0 Å². The molecule has 0 saturated carbocycles. The van der Waals surface area contributed by atoms with Crippen LogP contribution in [0, 0.1) is 5.92 Å². The molecule has 2 aliphatic heterocycles. The summed E-state index contributed by atoms with van der Waals surface area (Å²) >= 11 is 0. The van der Waals surface area contributed by atoms with Crippen LogP contribution in [0.1, 0.15) is 18.4 Å². The normalized spacial score (nSPS) is 23.5. The van der Waals surface area contributed by atoms with E-state index in [4.69, 9.17) is 9.47 Å². The van der Waals surface area contributed by atoms with E-state index in [0.717, 1.165) is 0 Å². The maximum atomic E-state index is 13.0. The standard InChI is InChI=1S/C18H19NO4S/c1-13-10-19(11-16(13)14-5-3-2-4-6-14)24(20,21)15-7-8-17-18(9-15)23-12-22-17/h2-9,13,16H,10-12H2,1H3. The van der Waals surface area contributed by atoms with Gasteiger partial charge in [0.1, 0.15) is 0 Å². The van der Waals surface area contributed by atoms with Crippen LogP contribution >= 0.6 is 0 Å². The van der Waals surface area contributed by atoms with Gasteiger partial charge in [-0.25, -0.2) is 8.42 Å². The van der Waals surface area contributed by atoms with Gasteiger partial charge in [0.2, 0.25) is 16.8 Å². The Labute approximate surface area is 141 Å². The minimum Gasteiger partial charge on any atom is -0.454 e. The van der Waals surface area contributed by atoms with Gasteiger partial charge in [0.05, 0.1) is 4.90 Å². The van der Waals surface area contributed by atoms with E-state index in [9.17, 15) is 8.42 Å². The molecular weight excluding hydrogens is 326 g/mol. The summed E-state index contributed by atoms with van der Waals surface area (Å²) in [7, 11) is -3.54. The van der Waals surface area contributed by atoms with Gasteiger partial charge in [-0.2, -0.15) is 4.31 Å². The average Bonchev–Trinajstić information content (AvgIpc) is 3.21. The summed E-state index contributed by atoms with van der Waals surface area (Å²) in [6, 6.07) is 14.9. The smallest absolute Gasteiger partial charge is 0.243 e. The van der Waals surface area contributed by atoms with Gasteiger partial charge in [0, 0.05) is 25.1 Å². The fraction of sp³-hybridized carbons (Fsp3) is 0.333. The second kappa shape index (κ2) is 5.79. The van der Waals surface area contributed by atoms with Crippen LogP contribution in [0.25, 0.3) is 0 Å². The minimum atomic E-state index is -3.54. The van der Waals surface area contributed by atoms with E-state index in [1.807, 2.05) is 18.2 Å². The molecule has 126 valence electrons. The Kier molecular flexibility index (Phi) is 3.73. The van der Waals surface area contributed by atoms with Gasteiger partial charge in [0.15, 0.2) is 11.5 Å². The summed E-state index contributed by atoms with van der Waals surface area (Å²) in [6.45, 7) is 3.26. The third kappa shape index (κ3) is 2.56. The average molecular weight is 345 g/mol. The lowest BCUT2D eigenvalue weighted by Gasteiger charge is -2.17. The van der Waals surface area contributed by atoms with E-state index < -0.39 is 10.0 Å². The molecule has 1 saturated heterocycles. The van der Waals surface area contributed by atoms with Gasteiger partial charge >= 0.3 is 0 Å². The van der Waals surface area contributed by atoms with Gasteiger partial charge in [-0.3, -0.25) is 0 Å². The Morgan fingerprint density at radius 1 is 1.00 bits per heavy atom. The number of sulfonamides is 1. The van der Waals surface area contributed by atoms with Gasteiger partial charge in [-0.15, -0.1) is 0 Å². The summed E-state index contributed by atoms with van der Waals surface area (Å²) in [5.74, 6) is 1.57. The van der Waals surface area contributed by atoms with E-state index in [1.165, 1.54) is 5.56 Å². The lowest BCUT2D eigenvalue weighted by atomic mass is 9.90. The number of nitrogens with zero attached hydrogens (tertiary/aromatic N) is 1. The molecule has 2 aromatic carbocycles. The molecule has 2 atom stereocenters. The first-order chi connectivity index (χ1) is 11.6. The molecule has 1 fully saturated rings. The van der Waals surface area contributed by atoms with Crippen LogP contribution in [0.5, 0.6) is 11.5 Å². The SMILES string of the molecule is CC1CN(S(=O)(=O)c2ccc3c(c2)OCO3)CC1c1ccccc1. The fourth-order valence-electron chi connectivity index (χ4n) is 3.44. The third-order valence-electron chi connectivity index (χ3n) is 4.79. The van der Waals surface area contributed by atoms with Crippen LogP contribution in [-0.4, -0.2) is 32.6 Å². The van der Waals surface area contributed by atoms with Crippen molar-refractivity contribution >= 4 is 10.0 Å². The highest BCUT2D eigenvalue weighted by Crippen LogP contribution is 2.38. The van der Waals surface area contributed by atoms with Crippen molar-refractivity contribution in [1.82, 2.24) is 4.31 Å². The lowest BCUT2D eigenvalue weighted by molar-refractivity contribution is 0.174. The lowest BCUT2D eigenvalue weighted by Crippen LogP contribution is -2.29. The van der Waals surface area contributed by atoms with Crippen LogP contribution < -0.4 is 9.47 Å². The molecule has 2 aromatic rings. The van der Waals surface area contributed by atoms with Gasteiger partial charge < -0.3 is 9.47 Å². The molecular formula is C18H19NO4S. The molecule has 2 heterocycles. The molecule has 0 amide bonds. The van der Waals surface area contributed by atoms with E-state index >= 15 is 0 Å². The van der Waals surface area contributed by atoms with Gasteiger partial charge in [-0.05, 0) is 23.6 Å². The molecule has 6 heteroatoms. The molecule has 2 aliphatic rings. The predicted molar refractivity (Wildman–Crippen MR) is 89.7 cm³/mol. The number of hydrogen-bond acceptors (Lipinski definition) is 4. The quantitative estimate of drug-likeness (QED) is 0.858. The fourth-order valence-corrected chi connectivity index (χ4v) is 5.02. The molecule has 4 rings (SSSR count). The molecule has 0 bridgehead atoms. The van der Waals surface area contributed by atoms with Crippen molar-refractivity contribution in [3.63, 3.8) is 0 Å². The molecule has 0 aromatic heterocycles. The summed E-state index contributed by atoms with van der Waals surface area (Å²) in [5, 5.41) is 0. The maximum absolute atomic E-state index is 13.0. The molecule has 0 aliphatic carbocycles. The van der Waals surface area contributed by atoms with E-state index in [-0.39, 0.29) is 23.5 Å². The zero-order valence-corrected chi connectivity index (χ0v) is 14.2. The molecule has 5 nitrogen and oxygen atoms in total. The number of hydrogen-bond donors (Lipinski definition) is 0. The molecule has 0 radical (unpaired) electrons. The van der Waals surface area contributed by atoms with Crippen molar-refractivity contribution in [3.05, 3.63) is 54.1 Å². The highest BCUT2D eigenvalue weighted by atomic mass is 32.2. The third-order valence-corrected chi connectivity index (χ3v) is 6.62. The van der Waals surface area contributed by atoms with Crippen LogP contribution in [-0.2, 0) is 10.0 Å². The molecule has 24 heavy (non-hydrogen) atoms. The van der Waals surface area contributed by atoms with Crippen LogP contribution in [0.3, 0.4) is 0 Å². The van der Waals surface area contributed by atoms with Crippen molar-refractivity contribution in [2.75, 3.05) is 19.9 Å².